The molecular formula is C19H27N5O2. The van der Waals surface area contributed by atoms with Gasteiger partial charge in [0.2, 0.25) is 11.7 Å². The summed E-state index contributed by atoms with van der Waals surface area (Å²) < 4.78 is 5.50. The first-order chi connectivity index (χ1) is 12.5. The molecule has 2 aromatic heterocycles. The van der Waals surface area contributed by atoms with Crippen LogP contribution in [0.3, 0.4) is 0 Å². The van der Waals surface area contributed by atoms with Crippen molar-refractivity contribution in [2.24, 2.45) is 0 Å². The Hall–Kier alpha value is -2.44. The number of hydrogen-bond acceptors (Lipinski definition) is 5. The SMILES string of the molecule is CCN(C(=O)N1CCC(c2nc(-c3ncccc3C)no2)CC1)C(C)C. The van der Waals surface area contributed by atoms with Crippen LogP contribution in [0.15, 0.2) is 22.9 Å². The van der Waals surface area contributed by atoms with E-state index >= 15 is 0 Å². The summed E-state index contributed by atoms with van der Waals surface area (Å²) in [7, 11) is 0. The van der Waals surface area contributed by atoms with Gasteiger partial charge >= 0.3 is 6.03 Å². The molecule has 7 heteroatoms. The van der Waals surface area contributed by atoms with Crippen molar-refractivity contribution in [1.82, 2.24) is 24.9 Å². The summed E-state index contributed by atoms with van der Waals surface area (Å²) in [5.41, 5.74) is 1.78. The Bertz CT molecular complexity index is 750. The Morgan fingerprint density at radius 1 is 1.38 bits per heavy atom. The molecule has 7 nitrogen and oxygen atoms in total. The molecule has 3 heterocycles. The van der Waals surface area contributed by atoms with E-state index in [1.165, 1.54) is 0 Å². The van der Waals surface area contributed by atoms with E-state index in [2.05, 4.69) is 15.1 Å². The molecule has 0 unspecified atom stereocenters. The molecule has 140 valence electrons. The van der Waals surface area contributed by atoms with Gasteiger partial charge in [0.05, 0.1) is 0 Å². The minimum atomic E-state index is 0.122. The molecule has 3 rings (SSSR count). The standard InChI is InChI=1S/C19H27N5O2/c1-5-24(13(2)3)19(25)23-11-8-15(9-12-23)18-21-17(22-26-18)16-14(4)7-6-10-20-16/h6-7,10,13,15H,5,8-9,11-12H2,1-4H3. The summed E-state index contributed by atoms with van der Waals surface area (Å²) in [6.45, 7) is 10.3. The number of pyridine rings is 1. The zero-order chi connectivity index (χ0) is 18.7. The van der Waals surface area contributed by atoms with E-state index in [4.69, 9.17) is 4.52 Å². The molecule has 0 bridgehead atoms. The first-order valence-electron chi connectivity index (χ1n) is 9.32. The van der Waals surface area contributed by atoms with Crippen LogP contribution in [0.25, 0.3) is 11.5 Å². The molecule has 0 saturated carbocycles. The molecule has 0 atom stereocenters. The lowest BCUT2D eigenvalue weighted by Gasteiger charge is -2.36. The van der Waals surface area contributed by atoms with Gasteiger partial charge in [0.1, 0.15) is 5.69 Å². The lowest BCUT2D eigenvalue weighted by atomic mass is 9.97. The van der Waals surface area contributed by atoms with Crippen molar-refractivity contribution in [3.05, 3.63) is 29.8 Å². The highest BCUT2D eigenvalue weighted by Gasteiger charge is 2.30. The summed E-state index contributed by atoms with van der Waals surface area (Å²) >= 11 is 0. The highest BCUT2D eigenvalue weighted by atomic mass is 16.5. The largest absolute Gasteiger partial charge is 0.339 e. The average molecular weight is 357 g/mol. The minimum absolute atomic E-state index is 0.122. The van der Waals surface area contributed by atoms with Crippen molar-refractivity contribution in [3.8, 4) is 11.5 Å². The number of carbonyl (C=O) groups is 1. The lowest BCUT2D eigenvalue weighted by molar-refractivity contribution is 0.128. The fourth-order valence-electron chi connectivity index (χ4n) is 3.44. The monoisotopic (exact) mass is 357 g/mol. The molecule has 1 aliphatic rings. The second kappa shape index (κ2) is 7.85. The van der Waals surface area contributed by atoms with Gasteiger partial charge in [-0.2, -0.15) is 4.98 Å². The number of aromatic nitrogens is 3. The number of piperidine rings is 1. The second-order valence-corrected chi connectivity index (χ2v) is 7.05. The predicted molar refractivity (Wildman–Crippen MR) is 98.7 cm³/mol. The summed E-state index contributed by atoms with van der Waals surface area (Å²) in [5.74, 6) is 1.38. The van der Waals surface area contributed by atoms with Crippen LogP contribution >= 0.6 is 0 Å². The van der Waals surface area contributed by atoms with E-state index in [1.54, 1.807) is 6.20 Å². The van der Waals surface area contributed by atoms with Crippen LogP contribution in [0.2, 0.25) is 0 Å². The Labute approximate surface area is 154 Å². The van der Waals surface area contributed by atoms with Gasteiger partial charge in [-0.25, -0.2) is 4.79 Å². The van der Waals surface area contributed by atoms with E-state index in [0.29, 0.717) is 24.8 Å². The normalized spacial score (nSPS) is 15.5. The number of rotatable bonds is 4. The summed E-state index contributed by atoms with van der Waals surface area (Å²) in [4.78, 5) is 25.4. The van der Waals surface area contributed by atoms with Gasteiger partial charge in [0.25, 0.3) is 0 Å². The molecule has 0 aromatic carbocycles. The zero-order valence-corrected chi connectivity index (χ0v) is 16.0. The third-order valence-electron chi connectivity index (χ3n) is 4.99. The van der Waals surface area contributed by atoms with Gasteiger partial charge in [0.15, 0.2) is 0 Å². The van der Waals surface area contributed by atoms with E-state index < -0.39 is 0 Å². The fraction of sp³-hybridized carbons (Fsp3) is 0.579. The van der Waals surface area contributed by atoms with Crippen molar-refractivity contribution in [1.29, 1.82) is 0 Å². The molecule has 0 spiro atoms. The molecule has 2 amide bonds. The molecular weight excluding hydrogens is 330 g/mol. The third kappa shape index (κ3) is 3.71. The highest BCUT2D eigenvalue weighted by molar-refractivity contribution is 5.74. The van der Waals surface area contributed by atoms with Gasteiger partial charge in [-0.1, -0.05) is 11.2 Å². The molecule has 1 saturated heterocycles. The third-order valence-corrected chi connectivity index (χ3v) is 4.99. The van der Waals surface area contributed by atoms with Crippen LogP contribution in [0.4, 0.5) is 4.79 Å². The summed E-state index contributed by atoms with van der Waals surface area (Å²) in [5, 5.41) is 4.10. The Morgan fingerprint density at radius 3 is 2.73 bits per heavy atom. The number of aryl methyl sites for hydroxylation is 1. The Balaban J connectivity index is 1.64. The second-order valence-electron chi connectivity index (χ2n) is 7.05. The number of likely N-dealkylation sites (tertiary alicyclic amines) is 1. The van der Waals surface area contributed by atoms with Crippen LogP contribution in [0.5, 0.6) is 0 Å². The van der Waals surface area contributed by atoms with Crippen LogP contribution in [-0.4, -0.2) is 56.6 Å². The van der Waals surface area contributed by atoms with E-state index in [-0.39, 0.29) is 18.0 Å². The molecule has 0 N–H and O–H groups in total. The topological polar surface area (TPSA) is 75.4 Å². The van der Waals surface area contributed by atoms with Gasteiger partial charge in [0, 0.05) is 37.8 Å². The first-order valence-corrected chi connectivity index (χ1v) is 9.32. The van der Waals surface area contributed by atoms with Crippen molar-refractivity contribution in [3.63, 3.8) is 0 Å². The first kappa shape index (κ1) is 18.4. The van der Waals surface area contributed by atoms with Crippen LogP contribution in [0, 0.1) is 6.92 Å². The predicted octanol–water partition coefficient (Wildman–Crippen LogP) is 3.47. The van der Waals surface area contributed by atoms with Crippen LogP contribution in [0.1, 0.15) is 51.0 Å². The number of carbonyl (C=O) groups excluding carboxylic acids is 1. The van der Waals surface area contributed by atoms with Crippen LogP contribution in [-0.2, 0) is 0 Å². The van der Waals surface area contributed by atoms with Gasteiger partial charge in [-0.3, -0.25) is 4.98 Å². The minimum Gasteiger partial charge on any atom is -0.339 e. The maximum atomic E-state index is 12.6. The quantitative estimate of drug-likeness (QED) is 0.837. The maximum Gasteiger partial charge on any atom is 0.320 e. The van der Waals surface area contributed by atoms with Crippen molar-refractivity contribution in [2.75, 3.05) is 19.6 Å². The number of urea groups is 1. The number of hydrogen-bond donors (Lipinski definition) is 0. The van der Waals surface area contributed by atoms with Crippen molar-refractivity contribution < 1.29 is 9.32 Å². The Kier molecular flexibility index (Phi) is 5.54. The Morgan fingerprint density at radius 2 is 2.12 bits per heavy atom. The average Bonchev–Trinajstić information content (AvgIpc) is 3.12. The molecule has 0 radical (unpaired) electrons. The molecule has 2 aromatic rings. The summed E-state index contributed by atoms with van der Waals surface area (Å²) in [6, 6.07) is 4.21. The lowest BCUT2D eigenvalue weighted by Crippen LogP contribution is -2.48. The van der Waals surface area contributed by atoms with Crippen molar-refractivity contribution >= 4 is 6.03 Å². The smallest absolute Gasteiger partial charge is 0.320 e. The van der Waals surface area contributed by atoms with Gasteiger partial charge in [-0.05, 0) is 52.2 Å². The fourth-order valence-corrected chi connectivity index (χ4v) is 3.44. The number of nitrogens with zero attached hydrogens (tertiary/aromatic N) is 5. The molecule has 1 fully saturated rings. The highest BCUT2D eigenvalue weighted by Crippen LogP contribution is 2.29. The molecule has 0 aliphatic carbocycles. The van der Waals surface area contributed by atoms with E-state index in [0.717, 1.165) is 30.6 Å². The number of amides is 2. The van der Waals surface area contributed by atoms with Gasteiger partial charge in [-0.15, -0.1) is 0 Å². The maximum absolute atomic E-state index is 12.6. The summed E-state index contributed by atoms with van der Waals surface area (Å²) in [6.07, 6.45) is 3.41. The van der Waals surface area contributed by atoms with E-state index in [1.807, 2.05) is 49.6 Å². The molecule has 26 heavy (non-hydrogen) atoms. The van der Waals surface area contributed by atoms with Crippen LogP contribution < -0.4 is 0 Å². The van der Waals surface area contributed by atoms with Gasteiger partial charge < -0.3 is 14.3 Å². The zero-order valence-electron chi connectivity index (χ0n) is 16.0. The molecule has 1 aliphatic heterocycles. The van der Waals surface area contributed by atoms with E-state index in [9.17, 15) is 4.79 Å². The van der Waals surface area contributed by atoms with Crippen molar-refractivity contribution in [2.45, 2.75) is 52.5 Å².